The van der Waals surface area contributed by atoms with Crippen molar-refractivity contribution in [3.8, 4) is 0 Å². The molecule has 0 aromatic carbocycles. The van der Waals surface area contributed by atoms with Gasteiger partial charge in [0.05, 0.1) is 5.69 Å². The maximum Gasteiger partial charge on any atom is 0.0522 e. The zero-order valence-electron chi connectivity index (χ0n) is 10.8. The zero-order valence-corrected chi connectivity index (χ0v) is 11.6. The topological polar surface area (TPSA) is 29.9 Å². The predicted octanol–water partition coefficient (Wildman–Crippen LogP) is 2.74. The molecule has 0 radical (unpaired) electrons. The number of hydrogen-bond donors (Lipinski definition) is 1. The Morgan fingerprint density at radius 2 is 2.33 bits per heavy atom. The van der Waals surface area contributed by atoms with Crippen molar-refractivity contribution in [2.45, 2.75) is 45.8 Å². The predicted molar refractivity (Wildman–Crippen MR) is 74.8 cm³/mol. The minimum Gasteiger partial charge on any atom is -0.306 e. The van der Waals surface area contributed by atoms with E-state index in [1.165, 1.54) is 29.8 Å². The minimum atomic E-state index is 0.899. The first kappa shape index (κ1) is 11.9. The van der Waals surface area contributed by atoms with E-state index in [2.05, 4.69) is 29.5 Å². The Bertz CT molecular complexity index is 505. The average molecular weight is 261 g/mol. The zero-order chi connectivity index (χ0) is 12.4. The van der Waals surface area contributed by atoms with Crippen LogP contribution in [0.3, 0.4) is 0 Å². The van der Waals surface area contributed by atoms with Crippen molar-refractivity contribution in [2.24, 2.45) is 0 Å². The second-order valence-electron chi connectivity index (χ2n) is 4.76. The van der Waals surface area contributed by atoms with E-state index in [0.717, 1.165) is 19.6 Å². The van der Waals surface area contributed by atoms with Crippen molar-refractivity contribution >= 4 is 11.3 Å². The second kappa shape index (κ2) is 5.24. The maximum atomic E-state index is 4.28. The molecule has 0 saturated carbocycles. The molecule has 1 aliphatic rings. The van der Waals surface area contributed by atoms with E-state index >= 15 is 0 Å². The smallest absolute Gasteiger partial charge is 0.0522 e. The van der Waals surface area contributed by atoms with Crippen molar-refractivity contribution < 1.29 is 0 Å². The van der Waals surface area contributed by atoms with Gasteiger partial charge in [0.15, 0.2) is 0 Å². The number of nitrogens with one attached hydrogen (secondary N) is 1. The van der Waals surface area contributed by atoms with Gasteiger partial charge in [-0.25, -0.2) is 0 Å². The number of aryl methyl sites for hydroxylation is 3. The van der Waals surface area contributed by atoms with E-state index < -0.39 is 0 Å². The number of rotatable bonds is 5. The molecule has 0 amide bonds. The maximum absolute atomic E-state index is 4.28. The summed E-state index contributed by atoms with van der Waals surface area (Å²) in [6.07, 6.45) is 5.81. The van der Waals surface area contributed by atoms with Gasteiger partial charge >= 0.3 is 0 Å². The van der Waals surface area contributed by atoms with Gasteiger partial charge in [-0.1, -0.05) is 0 Å². The van der Waals surface area contributed by atoms with Gasteiger partial charge in [-0.05, 0) is 43.9 Å². The summed E-state index contributed by atoms with van der Waals surface area (Å²) >= 11 is 1.98. The first-order chi connectivity index (χ1) is 8.86. The Balaban J connectivity index is 1.55. The van der Waals surface area contributed by atoms with Crippen LogP contribution in [-0.4, -0.2) is 9.78 Å². The summed E-state index contributed by atoms with van der Waals surface area (Å²) < 4.78 is 2.04. The Hall–Kier alpha value is -1.13. The highest BCUT2D eigenvalue weighted by atomic mass is 32.1. The van der Waals surface area contributed by atoms with Crippen LogP contribution >= 0.6 is 11.3 Å². The lowest BCUT2D eigenvalue weighted by Crippen LogP contribution is -2.15. The average Bonchev–Trinajstić information content (AvgIpc) is 3.02. The van der Waals surface area contributed by atoms with Gasteiger partial charge in [-0.3, -0.25) is 4.68 Å². The minimum absolute atomic E-state index is 0.899. The monoisotopic (exact) mass is 261 g/mol. The number of aromatic nitrogens is 2. The van der Waals surface area contributed by atoms with E-state index in [4.69, 9.17) is 0 Å². The van der Waals surface area contributed by atoms with E-state index in [1.54, 1.807) is 10.4 Å². The fraction of sp³-hybridized carbons (Fsp3) is 0.500. The van der Waals surface area contributed by atoms with Crippen LogP contribution in [0, 0.1) is 0 Å². The third-order valence-electron chi connectivity index (χ3n) is 3.51. The Morgan fingerprint density at radius 1 is 1.39 bits per heavy atom. The third-order valence-corrected chi connectivity index (χ3v) is 4.74. The Morgan fingerprint density at radius 3 is 3.17 bits per heavy atom. The summed E-state index contributed by atoms with van der Waals surface area (Å²) in [6.45, 7) is 4.95. The Kier molecular flexibility index (Phi) is 3.48. The summed E-state index contributed by atoms with van der Waals surface area (Å²) in [6, 6.07) is 4.47. The molecule has 2 aromatic heterocycles. The molecule has 0 saturated heterocycles. The van der Waals surface area contributed by atoms with E-state index in [0.29, 0.717) is 0 Å². The van der Waals surface area contributed by atoms with E-state index in [9.17, 15) is 0 Å². The van der Waals surface area contributed by atoms with Gasteiger partial charge in [0.25, 0.3) is 0 Å². The van der Waals surface area contributed by atoms with Crippen LogP contribution in [0.15, 0.2) is 18.3 Å². The van der Waals surface area contributed by atoms with E-state index in [1.807, 2.05) is 22.2 Å². The first-order valence-electron chi connectivity index (χ1n) is 6.68. The highest BCUT2D eigenvalue weighted by Gasteiger charge is 2.14. The molecule has 3 nitrogen and oxygen atoms in total. The molecule has 0 unspecified atom stereocenters. The van der Waals surface area contributed by atoms with Gasteiger partial charge < -0.3 is 5.32 Å². The van der Waals surface area contributed by atoms with Gasteiger partial charge in [-0.2, -0.15) is 5.10 Å². The number of nitrogens with zero attached hydrogens (tertiary/aromatic N) is 2. The summed E-state index contributed by atoms with van der Waals surface area (Å²) in [5.74, 6) is 0. The van der Waals surface area contributed by atoms with Crippen molar-refractivity contribution in [1.82, 2.24) is 15.1 Å². The van der Waals surface area contributed by atoms with Gasteiger partial charge in [0.1, 0.15) is 0 Å². The van der Waals surface area contributed by atoms with Crippen LogP contribution in [0.1, 0.15) is 34.4 Å². The summed E-state index contributed by atoms with van der Waals surface area (Å²) in [7, 11) is 0. The van der Waals surface area contributed by atoms with Crippen molar-refractivity contribution in [2.75, 3.05) is 0 Å². The third kappa shape index (κ3) is 2.35. The van der Waals surface area contributed by atoms with Crippen LogP contribution in [0.5, 0.6) is 0 Å². The van der Waals surface area contributed by atoms with Gasteiger partial charge in [0, 0.05) is 35.6 Å². The number of hydrogen-bond acceptors (Lipinski definition) is 3. The lowest BCUT2D eigenvalue weighted by molar-refractivity contribution is 0.583. The van der Waals surface area contributed by atoms with Crippen LogP contribution in [0.4, 0.5) is 0 Å². The molecular formula is C14H19N3S. The van der Waals surface area contributed by atoms with Crippen LogP contribution in [-0.2, 0) is 32.5 Å². The molecule has 18 heavy (non-hydrogen) atoms. The highest BCUT2D eigenvalue weighted by Crippen LogP contribution is 2.30. The summed E-state index contributed by atoms with van der Waals surface area (Å²) in [5, 5.41) is 7.80. The normalized spacial score (nSPS) is 14.1. The number of fused-ring (bicyclic) bond motifs is 1. The van der Waals surface area contributed by atoms with Crippen LogP contribution in [0.2, 0.25) is 0 Å². The summed E-state index contributed by atoms with van der Waals surface area (Å²) in [4.78, 5) is 3.09. The van der Waals surface area contributed by atoms with Crippen molar-refractivity contribution in [1.29, 1.82) is 0 Å². The molecule has 0 spiro atoms. The lowest BCUT2D eigenvalue weighted by Gasteiger charge is -2.05. The van der Waals surface area contributed by atoms with Crippen LogP contribution in [0.25, 0.3) is 0 Å². The second-order valence-corrected chi connectivity index (χ2v) is 5.98. The first-order valence-corrected chi connectivity index (χ1v) is 7.50. The Labute approximate surface area is 112 Å². The molecule has 0 atom stereocenters. The van der Waals surface area contributed by atoms with Crippen molar-refractivity contribution in [3.63, 3.8) is 0 Å². The molecule has 0 aliphatic heterocycles. The summed E-state index contributed by atoms with van der Waals surface area (Å²) in [5.41, 5.74) is 2.86. The molecule has 2 heterocycles. The molecule has 3 rings (SSSR count). The van der Waals surface area contributed by atoms with Gasteiger partial charge in [-0.15, -0.1) is 11.3 Å². The lowest BCUT2D eigenvalue weighted by atomic mass is 10.2. The fourth-order valence-electron chi connectivity index (χ4n) is 2.59. The molecule has 1 N–H and O–H groups in total. The molecular weight excluding hydrogens is 242 g/mol. The molecule has 4 heteroatoms. The molecule has 96 valence electrons. The quantitative estimate of drug-likeness (QED) is 0.897. The van der Waals surface area contributed by atoms with Crippen molar-refractivity contribution in [3.05, 3.63) is 39.3 Å². The molecule has 2 aromatic rings. The number of thiophene rings is 1. The highest BCUT2D eigenvalue weighted by molar-refractivity contribution is 7.12. The van der Waals surface area contributed by atoms with Gasteiger partial charge in [0.2, 0.25) is 0 Å². The van der Waals surface area contributed by atoms with Crippen LogP contribution < -0.4 is 5.32 Å². The largest absolute Gasteiger partial charge is 0.306 e. The van der Waals surface area contributed by atoms with E-state index in [-0.39, 0.29) is 0 Å². The molecule has 0 bridgehead atoms. The SMILES string of the molecule is CCn1nccc1CNCc1cc2c(s1)CCC2. The molecule has 0 fully saturated rings. The fourth-order valence-corrected chi connectivity index (χ4v) is 3.82. The molecule has 1 aliphatic carbocycles. The standard InChI is InChI=1S/C14H19N3S/c1-2-17-12(6-7-16-17)9-15-10-13-8-11-4-3-5-14(11)18-13/h6-8,15H,2-5,9-10H2,1H3.